The number of alkyl halides is 1. The van der Waals surface area contributed by atoms with E-state index in [1.807, 2.05) is 36.4 Å². The van der Waals surface area contributed by atoms with Gasteiger partial charge < -0.3 is 20.3 Å². The van der Waals surface area contributed by atoms with Crippen molar-refractivity contribution in [3.8, 4) is 16.9 Å². The van der Waals surface area contributed by atoms with Crippen LogP contribution in [0.4, 0.5) is 4.79 Å². The number of carbonyl (C=O) groups excluding carboxylic acids is 1. The molecule has 0 aliphatic carbocycles. The summed E-state index contributed by atoms with van der Waals surface area (Å²) in [6, 6.07) is 14.2. The van der Waals surface area contributed by atoms with E-state index in [1.165, 1.54) is 0 Å². The van der Waals surface area contributed by atoms with Gasteiger partial charge in [0.2, 0.25) is 0 Å². The predicted molar refractivity (Wildman–Crippen MR) is 128 cm³/mol. The Morgan fingerprint density at radius 3 is 2.19 bits per heavy atom. The van der Waals surface area contributed by atoms with Crippen LogP contribution in [0.15, 0.2) is 42.5 Å². The van der Waals surface area contributed by atoms with Gasteiger partial charge in [-0.15, -0.1) is 11.6 Å². The highest BCUT2D eigenvalue weighted by Gasteiger charge is 2.12. The van der Waals surface area contributed by atoms with Crippen LogP contribution >= 0.6 is 11.6 Å². The van der Waals surface area contributed by atoms with Crippen molar-refractivity contribution in [2.24, 2.45) is 5.73 Å². The zero-order chi connectivity index (χ0) is 24.1. The molecule has 2 aromatic rings. The molecule has 0 unspecified atom stereocenters. The lowest BCUT2D eigenvalue weighted by molar-refractivity contribution is -0.136. The van der Waals surface area contributed by atoms with E-state index >= 15 is 0 Å². The van der Waals surface area contributed by atoms with Crippen molar-refractivity contribution < 1.29 is 24.2 Å². The SMILES string of the molecule is CC(C)(C)OC(N)=O.Cc1cc(OCCCCCl)ccc1-c1ccc(CCC(=O)O)cc1. The fraction of sp³-hybridized carbons (Fsp3) is 0.440. The third kappa shape index (κ3) is 11.6. The number of hydrogen-bond acceptors (Lipinski definition) is 4. The van der Waals surface area contributed by atoms with Gasteiger partial charge in [-0.25, -0.2) is 4.79 Å². The number of carbonyl (C=O) groups is 2. The third-order valence-electron chi connectivity index (χ3n) is 4.29. The number of carboxylic acids is 1. The molecule has 1 amide bonds. The summed E-state index contributed by atoms with van der Waals surface area (Å²) in [4.78, 5) is 20.6. The van der Waals surface area contributed by atoms with Crippen LogP contribution in [0.3, 0.4) is 0 Å². The number of hydrogen-bond donors (Lipinski definition) is 2. The summed E-state index contributed by atoms with van der Waals surface area (Å²) in [7, 11) is 0. The number of rotatable bonds is 9. The Balaban J connectivity index is 0.000000547. The van der Waals surface area contributed by atoms with E-state index in [9.17, 15) is 9.59 Å². The number of carboxylic acid groups (broad SMARTS) is 1. The number of aryl methyl sites for hydroxylation is 2. The van der Waals surface area contributed by atoms with Gasteiger partial charge in [-0.05, 0) is 81.3 Å². The Hall–Kier alpha value is -2.73. The number of benzene rings is 2. The van der Waals surface area contributed by atoms with E-state index in [0.717, 1.165) is 40.8 Å². The number of unbranched alkanes of at least 4 members (excludes halogenated alkanes) is 1. The summed E-state index contributed by atoms with van der Waals surface area (Å²) in [5.74, 6) is 0.782. The molecular formula is C25H34ClNO5. The van der Waals surface area contributed by atoms with Crippen LogP contribution in [0.5, 0.6) is 5.75 Å². The van der Waals surface area contributed by atoms with Crippen molar-refractivity contribution in [2.75, 3.05) is 12.5 Å². The number of nitrogens with two attached hydrogens (primary N) is 1. The smallest absolute Gasteiger partial charge is 0.405 e. The van der Waals surface area contributed by atoms with Crippen LogP contribution in [0, 0.1) is 6.92 Å². The lowest BCUT2D eigenvalue weighted by Crippen LogP contribution is -2.27. The molecule has 0 fully saturated rings. The van der Waals surface area contributed by atoms with Gasteiger partial charge in [-0.2, -0.15) is 0 Å². The number of ether oxygens (including phenoxy) is 2. The van der Waals surface area contributed by atoms with Crippen LogP contribution < -0.4 is 10.5 Å². The van der Waals surface area contributed by atoms with Gasteiger partial charge >= 0.3 is 12.1 Å². The number of primary amides is 1. The largest absolute Gasteiger partial charge is 0.494 e. The van der Waals surface area contributed by atoms with Crippen LogP contribution in [-0.2, 0) is 16.0 Å². The molecule has 0 aromatic heterocycles. The molecule has 0 radical (unpaired) electrons. The molecule has 7 heteroatoms. The summed E-state index contributed by atoms with van der Waals surface area (Å²) < 4.78 is 10.3. The van der Waals surface area contributed by atoms with Crippen molar-refractivity contribution in [3.05, 3.63) is 53.6 Å². The van der Waals surface area contributed by atoms with Crippen LogP contribution in [0.1, 0.15) is 51.2 Å². The first-order valence-corrected chi connectivity index (χ1v) is 11.1. The van der Waals surface area contributed by atoms with Crippen molar-refractivity contribution >= 4 is 23.7 Å². The second kappa shape index (κ2) is 13.6. The lowest BCUT2D eigenvalue weighted by Gasteiger charge is -2.16. The van der Waals surface area contributed by atoms with Crippen LogP contribution in [0.25, 0.3) is 11.1 Å². The number of aliphatic carboxylic acids is 1. The first kappa shape index (κ1) is 27.3. The van der Waals surface area contributed by atoms with E-state index < -0.39 is 17.7 Å². The van der Waals surface area contributed by atoms with Crippen LogP contribution in [0.2, 0.25) is 0 Å². The minimum absolute atomic E-state index is 0.161. The minimum Gasteiger partial charge on any atom is -0.494 e. The van der Waals surface area contributed by atoms with Crippen molar-refractivity contribution in [2.45, 2.75) is 59.0 Å². The zero-order valence-corrected chi connectivity index (χ0v) is 20.1. The molecule has 6 nitrogen and oxygen atoms in total. The molecule has 2 rings (SSSR count). The standard InChI is InChI=1S/C20H23ClO3.C5H11NO2/c1-15-14-18(24-13-3-2-12-21)9-10-19(15)17-7-4-16(5-8-17)6-11-20(22)23;1-5(2,3)8-4(6)7/h4-5,7-10,14H,2-3,6,11-13H2,1H3,(H,22,23);1-3H3,(H2,6,7). The molecule has 176 valence electrons. The molecular weight excluding hydrogens is 430 g/mol. The van der Waals surface area contributed by atoms with E-state index in [2.05, 4.69) is 17.7 Å². The Labute approximate surface area is 195 Å². The highest BCUT2D eigenvalue weighted by Crippen LogP contribution is 2.27. The van der Waals surface area contributed by atoms with Crippen molar-refractivity contribution in [1.29, 1.82) is 0 Å². The molecule has 0 aliphatic heterocycles. The lowest BCUT2D eigenvalue weighted by atomic mass is 9.98. The highest BCUT2D eigenvalue weighted by atomic mass is 35.5. The van der Waals surface area contributed by atoms with Gasteiger partial charge in [0.05, 0.1) is 6.61 Å². The van der Waals surface area contributed by atoms with Crippen molar-refractivity contribution in [1.82, 2.24) is 0 Å². The summed E-state index contributed by atoms with van der Waals surface area (Å²) in [5, 5.41) is 8.74. The average Bonchev–Trinajstić information content (AvgIpc) is 2.69. The molecule has 0 heterocycles. The van der Waals surface area contributed by atoms with Gasteiger partial charge in [0.15, 0.2) is 0 Å². The molecule has 0 saturated carbocycles. The van der Waals surface area contributed by atoms with Crippen molar-refractivity contribution in [3.63, 3.8) is 0 Å². The molecule has 0 spiro atoms. The van der Waals surface area contributed by atoms with E-state index in [-0.39, 0.29) is 6.42 Å². The molecule has 0 bridgehead atoms. The quantitative estimate of drug-likeness (QED) is 0.353. The first-order valence-electron chi connectivity index (χ1n) is 10.6. The second-order valence-electron chi connectivity index (χ2n) is 8.35. The van der Waals surface area contributed by atoms with Gasteiger partial charge in [0, 0.05) is 12.3 Å². The van der Waals surface area contributed by atoms with E-state index in [0.29, 0.717) is 18.9 Å². The Morgan fingerprint density at radius 1 is 1.06 bits per heavy atom. The number of halogens is 1. The second-order valence-corrected chi connectivity index (χ2v) is 8.72. The first-order chi connectivity index (χ1) is 15.0. The predicted octanol–water partition coefficient (Wildman–Crippen LogP) is 5.96. The molecule has 0 atom stereocenters. The summed E-state index contributed by atoms with van der Waals surface area (Å²) in [6.45, 7) is 8.04. The number of amides is 1. The zero-order valence-electron chi connectivity index (χ0n) is 19.3. The van der Waals surface area contributed by atoms with E-state index in [1.54, 1.807) is 20.8 Å². The third-order valence-corrected chi connectivity index (χ3v) is 4.56. The highest BCUT2D eigenvalue weighted by molar-refractivity contribution is 6.17. The topological polar surface area (TPSA) is 98.9 Å². The molecule has 3 N–H and O–H groups in total. The maximum atomic E-state index is 10.6. The van der Waals surface area contributed by atoms with Gasteiger partial charge in [-0.3, -0.25) is 4.79 Å². The van der Waals surface area contributed by atoms with Gasteiger partial charge in [0.25, 0.3) is 0 Å². The Morgan fingerprint density at radius 2 is 1.72 bits per heavy atom. The van der Waals surface area contributed by atoms with Crippen LogP contribution in [-0.4, -0.2) is 35.3 Å². The molecule has 2 aromatic carbocycles. The Bertz CT molecular complexity index is 860. The monoisotopic (exact) mass is 463 g/mol. The van der Waals surface area contributed by atoms with Gasteiger partial charge in [-0.1, -0.05) is 30.3 Å². The Kier molecular flexibility index (Phi) is 11.6. The molecule has 32 heavy (non-hydrogen) atoms. The summed E-state index contributed by atoms with van der Waals surface area (Å²) >= 11 is 5.66. The summed E-state index contributed by atoms with van der Waals surface area (Å²) in [5.41, 5.74) is 8.75. The maximum absolute atomic E-state index is 10.6. The minimum atomic E-state index is -0.767. The molecule has 0 saturated heterocycles. The van der Waals surface area contributed by atoms with E-state index in [4.69, 9.17) is 27.2 Å². The fourth-order valence-electron chi connectivity index (χ4n) is 2.84. The summed E-state index contributed by atoms with van der Waals surface area (Å²) in [6.07, 6.45) is 1.92. The molecule has 0 aliphatic rings. The maximum Gasteiger partial charge on any atom is 0.405 e. The normalized spacial score (nSPS) is 10.7. The fourth-order valence-corrected chi connectivity index (χ4v) is 3.03. The van der Waals surface area contributed by atoms with Gasteiger partial charge in [0.1, 0.15) is 11.4 Å². The average molecular weight is 464 g/mol.